The molecule has 0 bridgehead atoms. The van der Waals surface area contributed by atoms with E-state index in [0.29, 0.717) is 6.42 Å². The van der Waals surface area contributed by atoms with Crippen molar-refractivity contribution < 1.29 is 31.1 Å². The van der Waals surface area contributed by atoms with E-state index in [0.717, 1.165) is 4.31 Å². The molecule has 0 fully saturated rings. The van der Waals surface area contributed by atoms with Gasteiger partial charge < -0.3 is 0 Å². The minimum absolute atomic E-state index is 0.0274. The summed E-state index contributed by atoms with van der Waals surface area (Å²) < 4.78 is 64.0. The van der Waals surface area contributed by atoms with Gasteiger partial charge in [0.1, 0.15) is 4.90 Å². The highest BCUT2D eigenvalue weighted by Crippen LogP contribution is 2.30. The number of amides is 1. The van der Waals surface area contributed by atoms with E-state index in [-0.39, 0.29) is 29.8 Å². The molecule has 1 aliphatic heterocycles. The van der Waals surface area contributed by atoms with Crippen LogP contribution >= 0.6 is 0 Å². The Hall–Kier alpha value is -1.61. The van der Waals surface area contributed by atoms with Gasteiger partial charge in [-0.1, -0.05) is 12.1 Å². The number of rotatable bonds is 6. The van der Waals surface area contributed by atoms with E-state index < -0.39 is 28.9 Å². The lowest BCUT2D eigenvalue weighted by Crippen LogP contribution is -2.31. The van der Waals surface area contributed by atoms with Crippen molar-refractivity contribution in [1.29, 1.82) is 0 Å². The Morgan fingerprint density at radius 2 is 1.77 bits per heavy atom. The van der Waals surface area contributed by atoms with Gasteiger partial charge in [-0.3, -0.25) is 9.53 Å². The molecule has 1 heterocycles. The summed E-state index contributed by atoms with van der Waals surface area (Å²) in [6.45, 7) is -0.535. The fourth-order valence-corrected chi connectivity index (χ4v) is 3.78. The Labute approximate surface area is 125 Å². The second-order valence-electron chi connectivity index (χ2n) is 4.73. The zero-order valence-electron chi connectivity index (χ0n) is 11.5. The van der Waals surface area contributed by atoms with E-state index in [2.05, 4.69) is 4.74 Å². The van der Waals surface area contributed by atoms with Gasteiger partial charge in [0.2, 0.25) is 0 Å². The van der Waals surface area contributed by atoms with E-state index in [1.54, 1.807) is 6.07 Å². The normalized spacial score (nSPS) is 16.9. The van der Waals surface area contributed by atoms with Gasteiger partial charge in [0, 0.05) is 6.54 Å². The number of halogens is 3. The van der Waals surface area contributed by atoms with E-state index in [9.17, 15) is 26.4 Å². The summed E-state index contributed by atoms with van der Waals surface area (Å²) in [5, 5.41) is 0. The Morgan fingerprint density at radius 1 is 1.09 bits per heavy atom. The monoisotopic (exact) mass is 337 g/mol. The maximum atomic E-state index is 12.2. The van der Waals surface area contributed by atoms with Gasteiger partial charge in [0.05, 0.1) is 12.2 Å². The zero-order chi connectivity index (χ0) is 16.4. The smallest absolute Gasteiger partial charge is 0.292 e. The van der Waals surface area contributed by atoms with Crippen molar-refractivity contribution in [2.24, 2.45) is 0 Å². The Bertz CT molecular complexity index is 657. The van der Waals surface area contributed by atoms with Crippen LogP contribution in [0.2, 0.25) is 0 Å². The number of fused-ring (bicyclic) bond motifs is 1. The molecule has 22 heavy (non-hydrogen) atoms. The second kappa shape index (κ2) is 6.25. The highest BCUT2D eigenvalue weighted by molar-refractivity contribution is 7.90. The molecule has 1 aromatic carbocycles. The molecule has 0 unspecified atom stereocenters. The van der Waals surface area contributed by atoms with Crippen LogP contribution < -0.4 is 0 Å². The van der Waals surface area contributed by atoms with Gasteiger partial charge in [0.15, 0.2) is 0 Å². The lowest BCUT2D eigenvalue weighted by Gasteiger charge is -2.14. The predicted molar refractivity (Wildman–Crippen MR) is 70.5 cm³/mol. The molecule has 1 aromatic rings. The Balaban J connectivity index is 1.86. The summed E-state index contributed by atoms with van der Waals surface area (Å²) in [4.78, 5) is 12.0. The SMILES string of the molecule is O=C1c2ccccc2S(=O)(=O)N1CCCCCOC(F)(F)F. The third-order valence-electron chi connectivity index (χ3n) is 3.18. The van der Waals surface area contributed by atoms with Crippen molar-refractivity contribution in [3.8, 4) is 0 Å². The fourth-order valence-electron chi connectivity index (χ4n) is 2.17. The minimum atomic E-state index is -4.66. The van der Waals surface area contributed by atoms with E-state index >= 15 is 0 Å². The molecular formula is C13H14F3NO4S. The molecule has 0 saturated heterocycles. The maximum absolute atomic E-state index is 12.2. The summed E-state index contributed by atoms with van der Waals surface area (Å²) in [5.74, 6) is -0.595. The first-order chi connectivity index (χ1) is 10.2. The third kappa shape index (κ3) is 3.58. The van der Waals surface area contributed by atoms with E-state index in [4.69, 9.17) is 0 Å². The number of carbonyl (C=O) groups is 1. The van der Waals surface area contributed by atoms with Crippen molar-refractivity contribution in [2.45, 2.75) is 30.5 Å². The number of unbranched alkanes of at least 4 members (excludes halogenated alkanes) is 2. The van der Waals surface area contributed by atoms with Crippen LogP contribution in [-0.4, -0.2) is 38.1 Å². The summed E-state index contributed by atoms with van der Waals surface area (Å²) in [6, 6.07) is 5.90. The largest absolute Gasteiger partial charge is 0.522 e. The highest BCUT2D eigenvalue weighted by Gasteiger charge is 2.40. The summed E-state index contributed by atoms with van der Waals surface area (Å²) in [6.07, 6.45) is -3.92. The summed E-state index contributed by atoms with van der Waals surface area (Å²) in [5.41, 5.74) is 0.128. The predicted octanol–water partition coefficient (Wildman–Crippen LogP) is 2.54. The van der Waals surface area contributed by atoms with Crippen molar-refractivity contribution >= 4 is 15.9 Å². The first kappa shape index (κ1) is 16.8. The molecule has 0 atom stereocenters. The lowest BCUT2D eigenvalue weighted by molar-refractivity contribution is -0.324. The number of sulfonamides is 1. The van der Waals surface area contributed by atoms with Crippen LogP contribution in [0.5, 0.6) is 0 Å². The van der Waals surface area contributed by atoms with Crippen molar-refractivity contribution in [3.05, 3.63) is 29.8 Å². The van der Waals surface area contributed by atoms with Gasteiger partial charge >= 0.3 is 6.36 Å². The van der Waals surface area contributed by atoms with Crippen LogP contribution in [0, 0.1) is 0 Å². The van der Waals surface area contributed by atoms with Gasteiger partial charge in [-0.05, 0) is 31.4 Å². The topological polar surface area (TPSA) is 63.7 Å². The first-order valence-electron chi connectivity index (χ1n) is 6.60. The summed E-state index contributed by atoms with van der Waals surface area (Å²) in [7, 11) is -3.84. The maximum Gasteiger partial charge on any atom is 0.522 e. The van der Waals surface area contributed by atoms with Crippen LogP contribution in [0.15, 0.2) is 29.2 Å². The molecule has 9 heteroatoms. The van der Waals surface area contributed by atoms with Gasteiger partial charge in [-0.25, -0.2) is 12.7 Å². The number of ether oxygens (including phenoxy) is 1. The minimum Gasteiger partial charge on any atom is -0.292 e. The number of benzene rings is 1. The molecule has 0 saturated carbocycles. The average Bonchev–Trinajstić information content (AvgIpc) is 2.62. The number of carbonyl (C=O) groups excluding carboxylic acids is 1. The number of nitrogens with zero attached hydrogens (tertiary/aromatic N) is 1. The number of hydrogen-bond acceptors (Lipinski definition) is 4. The van der Waals surface area contributed by atoms with Crippen LogP contribution in [0.4, 0.5) is 13.2 Å². The van der Waals surface area contributed by atoms with Gasteiger partial charge in [-0.2, -0.15) is 0 Å². The fraction of sp³-hybridized carbons (Fsp3) is 0.462. The molecule has 1 amide bonds. The molecule has 2 rings (SSSR count). The quantitative estimate of drug-likeness (QED) is 0.749. The first-order valence-corrected chi connectivity index (χ1v) is 8.04. The molecule has 0 N–H and O–H groups in total. The lowest BCUT2D eigenvalue weighted by atomic mass is 10.2. The molecule has 0 aromatic heterocycles. The molecule has 0 aliphatic carbocycles. The zero-order valence-corrected chi connectivity index (χ0v) is 12.3. The van der Waals surface area contributed by atoms with Gasteiger partial charge in [-0.15, -0.1) is 13.2 Å². The summed E-state index contributed by atoms with van der Waals surface area (Å²) >= 11 is 0. The molecule has 0 radical (unpaired) electrons. The van der Waals surface area contributed by atoms with E-state index in [1.165, 1.54) is 18.2 Å². The van der Waals surface area contributed by atoms with Crippen molar-refractivity contribution in [2.75, 3.05) is 13.2 Å². The molecule has 5 nitrogen and oxygen atoms in total. The number of hydrogen-bond donors (Lipinski definition) is 0. The highest BCUT2D eigenvalue weighted by atomic mass is 32.2. The Morgan fingerprint density at radius 3 is 2.41 bits per heavy atom. The Kier molecular flexibility index (Phi) is 4.76. The van der Waals surface area contributed by atoms with Crippen LogP contribution in [0.25, 0.3) is 0 Å². The molecule has 0 spiro atoms. The van der Waals surface area contributed by atoms with Crippen LogP contribution in [-0.2, 0) is 14.8 Å². The van der Waals surface area contributed by atoms with Crippen LogP contribution in [0.1, 0.15) is 29.6 Å². The third-order valence-corrected chi connectivity index (χ3v) is 5.02. The van der Waals surface area contributed by atoms with Crippen LogP contribution in [0.3, 0.4) is 0 Å². The van der Waals surface area contributed by atoms with E-state index in [1.807, 2.05) is 0 Å². The number of alkyl halides is 3. The van der Waals surface area contributed by atoms with Crippen molar-refractivity contribution in [3.63, 3.8) is 0 Å². The van der Waals surface area contributed by atoms with Gasteiger partial charge in [0.25, 0.3) is 15.9 Å². The van der Waals surface area contributed by atoms with Crippen molar-refractivity contribution in [1.82, 2.24) is 4.31 Å². The molecule has 122 valence electrons. The standard InChI is InChI=1S/C13H14F3NO4S/c14-13(15,16)21-9-5-1-4-8-17-12(18)10-6-2-3-7-11(10)22(17,19)20/h2-3,6-7H,1,4-5,8-9H2. The molecule has 1 aliphatic rings. The average molecular weight is 337 g/mol. The molecular weight excluding hydrogens is 323 g/mol. The second-order valence-corrected chi connectivity index (χ2v) is 6.56.